The van der Waals surface area contributed by atoms with Crippen molar-refractivity contribution in [2.24, 2.45) is 0 Å². The van der Waals surface area contributed by atoms with Crippen molar-refractivity contribution in [1.82, 2.24) is 19.5 Å². The molecule has 0 saturated heterocycles. The molecule has 0 unspecified atom stereocenters. The van der Waals surface area contributed by atoms with Gasteiger partial charge in [0.05, 0.1) is 11.2 Å². The van der Waals surface area contributed by atoms with E-state index in [-0.39, 0.29) is 0 Å². The van der Waals surface area contributed by atoms with Crippen molar-refractivity contribution < 1.29 is 4.42 Å². The molecule has 5 heteroatoms. The van der Waals surface area contributed by atoms with Gasteiger partial charge in [0.15, 0.2) is 17.5 Å². The number of fused-ring (bicyclic) bond motifs is 4. The van der Waals surface area contributed by atoms with Crippen LogP contribution in [0.1, 0.15) is 16.8 Å². The lowest BCUT2D eigenvalue weighted by atomic mass is 9.91. The fraction of sp³-hybridized carbons (Fsp3) is 0.0132. The predicted octanol–water partition coefficient (Wildman–Crippen LogP) is 20.1. The molecule has 0 radical (unpaired) electrons. The van der Waals surface area contributed by atoms with Crippen molar-refractivity contribution in [3.8, 4) is 95.5 Å². The van der Waals surface area contributed by atoms with Gasteiger partial charge < -0.3 is 8.98 Å². The molecule has 0 aliphatic heterocycles. The Bertz CT molecular complexity index is 4550. The second-order valence-corrected chi connectivity index (χ2v) is 20.4. The maximum absolute atomic E-state index is 6.44. The Morgan fingerprint density at radius 3 is 1.37 bits per heavy atom. The highest BCUT2D eigenvalue weighted by Crippen LogP contribution is 2.45. The van der Waals surface area contributed by atoms with Gasteiger partial charge in [-0.2, -0.15) is 0 Å². The van der Waals surface area contributed by atoms with Gasteiger partial charge in [-0.15, -0.1) is 0 Å². The van der Waals surface area contributed by atoms with Gasteiger partial charge in [0, 0.05) is 55.2 Å². The molecule has 0 N–H and O–H groups in total. The maximum Gasteiger partial charge on any atom is 0.164 e. The van der Waals surface area contributed by atoms with Crippen molar-refractivity contribution in [2.45, 2.75) is 6.92 Å². The Morgan fingerprint density at radius 2 is 0.802 bits per heavy atom. The van der Waals surface area contributed by atoms with Gasteiger partial charge in [-0.25, -0.2) is 15.0 Å². The summed E-state index contributed by atoms with van der Waals surface area (Å²) in [5.74, 6) is 1.66. The van der Waals surface area contributed by atoms with Gasteiger partial charge in [0.2, 0.25) is 0 Å². The molecule has 14 aromatic rings. The van der Waals surface area contributed by atoms with Crippen LogP contribution in [-0.2, 0) is 0 Å². The molecule has 0 aliphatic rings. The Labute approximate surface area is 470 Å². The highest BCUT2D eigenvalue weighted by molar-refractivity contribution is 6.06. The Kier molecular flexibility index (Phi) is 12.5. The minimum atomic E-state index is 0.544. The summed E-state index contributed by atoms with van der Waals surface area (Å²) in [6, 6.07) is 96.3. The van der Waals surface area contributed by atoms with E-state index in [9.17, 15) is 0 Å². The number of hydrogen-bond acceptors (Lipinski definition) is 4. The number of allylic oxidation sites excluding steroid dienone is 2. The van der Waals surface area contributed by atoms with Crippen LogP contribution in [0.2, 0.25) is 0 Å². The molecular formula is C76H52N4O. The van der Waals surface area contributed by atoms with E-state index in [1.165, 1.54) is 0 Å². The largest absolute Gasteiger partial charge is 0.456 e. The van der Waals surface area contributed by atoms with Crippen LogP contribution in [0.25, 0.3) is 140 Å². The molecule has 0 fully saturated rings. The van der Waals surface area contributed by atoms with Crippen LogP contribution in [0, 0.1) is 6.92 Å². The number of hydrogen-bond donors (Lipinski definition) is 0. The summed E-state index contributed by atoms with van der Waals surface area (Å²) in [7, 11) is 0. The molecule has 0 atom stereocenters. The van der Waals surface area contributed by atoms with Crippen LogP contribution < -0.4 is 0 Å². The fourth-order valence-electron chi connectivity index (χ4n) is 11.4. The SMILES string of the molecule is C=C/C(=C\c1c(C)n(-c2c(-c3ccc(-c4ccccc4)cc3)cc(-c3nc(-c4ccccc4)nc(-c4ccc5c(c4)oc4ccccc45)n3)cc2-c2ccc(-c3ccccc3)cc2)c2ccc(-c3ccccc3)cc12)c1ccccc1. The fourth-order valence-corrected chi connectivity index (χ4v) is 11.4. The molecule has 81 heavy (non-hydrogen) atoms. The lowest BCUT2D eigenvalue weighted by molar-refractivity contribution is 0.669. The first-order chi connectivity index (χ1) is 40.0. The summed E-state index contributed by atoms with van der Waals surface area (Å²) in [5, 5.41) is 3.23. The number of aromatic nitrogens is 4. The van der Waals surface area contributed by atoms with Gasteiger partial charge in [0.1, 0.15) is 11.2 Å². The van der Waals surface area contributed by atoms with Crippen LogP contribution in [0.4, 0.5) is 0 Å². The lowest BCUT2D eigenvalue weighted by Crippen LogP contribution is -2.05. The van der Waals surface area contributed by atoms with Crippen LogP contribution in [0.15, 0.2) is 290 Å². The highest BCUT2D eigenvalue weighted by Gasteiger charge is 2.25. The first kappa shape index (κ1) is 48.6. The molecule has 0 saturated carbocycles. The molecule has 0 amide bonds. The second kappa shape index (κ2) is 20.9. The summed E-state index contributed by atoms with van der Waals surface area (Å²) in [6.07, 6.45) is 4.27. The molecule has 5 nitrogen and oxygen atoms in total. The van der Waals surface area contributed by atoms with Crippen LogP contribution in [-0.4, -0.2) is 19.5 Å². The molecule has 0 aliphatic carbocycles. The number of para-hydroxylation sites is 1. The Hall–Kier alpha value is -10.8. The first-order valence-electron chi connectivity index (χ1n) is 27.3. The number of rotatable bonds is 12. The lowest BCUT2D eigenvalue weighted by Gasteiger charge is -2.22. The maximum atomic E-state index is 6.44. The third-order valence-corrected chi connectivity index (χ3v) is 15.5. The van der Waals surface area contributed by atoms with E-state index in [0.29, 0.717) is 17.5 Å². The van der Waals surface area contributed by atoms with E-state index in [4.69, 9.17) is 19.4 Å². The normalized spacial score (nSPS) is 11.6. The van der Waals surface area contributed by atoms with Crippen LogP contribution in [0.5, 0.6) is 0 Å². The van der Waals surface area contributed by atoms with Crippen molar-refractivity contribution in [3.05, 3.63) is 302 Å². The second-order valence-electron chi connectivity index (χ2n) is 20.4. The third kappa shape index (κ3) is 9.23. The zero-order valence-corrected chi connectivity index (χ0v) is 44.5. The summed E-state index contributed by atoms with van der Waals surface area (Å²) < 4.78 is 8.92. The zero-order chi connectivity index (χ0) is 54.2. The van der Waals surface area contributed by atoms with E-state index in [0.717, 1.165) is 133 Å². The Balaban J connectivity index is 1.07. The zero-order valence-electron chi connectivity index (χ0n) is 44.5. The highest BCUT2D eigenvalue weighted by atomic mass is 16.3. The molecule has 14 rings (SSSR count). The van der Waals surface area contributed by atoms with E-state index >= 15 is 0 Å². The van der Waals surface area contributed by atoms with Crippen LogP contribution in [0.3, 0.4) is 0 Å². The summed E-state index contributed by atoms with van der Waals surface area (Å²) >= 11 is 0. The van der Waals surface area contributed by atoms with Gasteiger partial charge in [0.25, 0.3) is 0 Å². The molecule has 3 heterocycles. The predicted molar refractivity (Wildman–Crippen MR) is 337 cm³/mol. The van der Waals surface area contributed by atoms with Crippen molar-refractivity contribution in [3.63, 3.8) is 0 Å². The van der Waals surface area contributed by atoms with Gasteiger partial charge in [-0.1, -0.05) is 243 Å². The van der Waals surface area contributed by atoms with Gasteiger partial charge in [-0.05, 0) is 111 Å². The summed E-state index contributed by atoms with van der Waals surface area (Å²) in [6.45, 7) is 6.61. The molecule has 11 aromatic carbocycles. The van der Waals surface area contributed by atoms with Crippen LogP contribution >= 0.6 is 0 Å². The van der Waals surface area contributed by atoms with Crippen molar-refractivity contribution >= 4 is 44.5 Å². The monoisotopic (exact) mass is 1040 g/mol. The molecule has 0 bridgehead atoms. The quantitative estimate of drug-likeness (QED) is 0.114. The van der Waals surface area contributed by atoms with Crippen molar-refractivity contribution in [1.29, 1.82) is 0 Å². The molecule has 382 valence electrons. The number of furan rings is 1. The number of benzene rings is 11. The van der Waals surface area contributed by atoms with E-state index in [1.807, 2.05) is 42.5 Å². The van der Waals surface area contributed by atoms with Gasteiger partial charge in [-0.3, -0.25) is 0 Å². The smallest absolute Gasteiger partial charge is 0.164 e. The first-order valence-corrected chi connectivity index (χ1v) is 27.3. The Morgan fingerprint density at radius 1 is 0.370 bits per heavy atom. The standard InChI is InChI=1S/C76H52N4O/c1-3-51(52-21-9-4-10-22-52)45-66-50(2)80(70-44-42-61(46-69(66)70)55-27-15-7-16-28-55)73-67(58-37-33-56(34-38-58)53-23-11-5-12-24-53)47-63(48-68(73)59-39-35-57(36-40-59)54-25-13-6-14-26-54)76-78-74(60-29-17-8-18-30-60)77-75(79-76)62-41-43-65-64-31-19-20-32-71(64)81-72(65)49-62/h3-49H,1H2,2H3/b51-45+. The molecular weight excluding hydrogens is 985 g/mol. The van der Waals surface area contributed by atoms with E-state index < -0.39 is 0 Å². The molecule has 3 aromatic heterocycles. The third-order valence-electron chi connectivity index (χ3n) is 15.5. The summed E-state index contributed by atoms with van der Waals surface area (Å²) in [5.41, 5.74) is 21.5. The van der Waals surface area contributed by atoms with E-state index in [2.05, 4.69) is 261 Å². The van der Waals surface area contributed by atoms with Gasteiger partial charge >= 0.3 is 0 Å². The van der Waals surface area contributed by atoms with Crippen molar-refractivity contribution in [2.75, 3.05) is 0 Å². The average molecular weight is 1040 g/mol. The number of nitrogens with zero attached hydrogens (tertiary/aromatic N) is 4. The average Bonchev–Trinajstić information content (AvgIpc) is 4.18. The molecule has 0 spiro atoms. The topological polar surface area (TPSA) is 56.7 Å². The van der Waals surface area contributed by atoms with E-state index in [1.54, 1.807) is 0 Å². The summed E-state index contributed by atoms with van der Waals surface area (Å²) in [4.78, 5) is 16.0. The minimum Gasteiger partial charge on any atom is -0.456 e. The minimum absolute atomic E-state index is 0.544.